The van der Waals surface area contributed by atoms with Gasteiger partial charge in [0, 0.05) is 6.04 Å². The Kier molecular flexibility index (Phi) is 2.57. The summed E-state index contributed by atoms with van der Waals surface area (Å²) in [6, 6.07) is -0.0324. The number of rotatable bonds is 2. The molecule has 3 aliphatic heterocycles. The molecular formula is C11H18N2O3S. The van der Waals surface area contributed by atoms with E-state index in [4.69, 9.17) is 0 Å². The first-order valence-corrected chi connectivity index (χ1v) is 7.98. The highest BCUT2D eigenvalue weighted by Crippen LogP contribution is 2.37. The number of carbonyl (C=O) groups excluding carboxylic acids is 1. The Labute approximate surface area is 101 Å². The van der Waals surface area contributed by atoms with Gasteiger partial charge in [0.1, 0.15) is 0 Å². The number of nitrogens with one attached hydrogen (secondary N) is 2. The van der Waals surface area contributed by atoms with Gasteiger partial charge in [-0.1, -0.05) is 0 Å². The minimum Gasteiger partial charge on any atom is -0.302 e. The van der Waals surface area contributed by atoms with Crippen molar-refractivity contribution < 1.29 is 13.2 Å². The number of sulfonamides is 1. The van der Waals surface area contributed by atoms with Crippen LogP contribution in [-0.2, 0) is 14.8 Å². The summed E-state index contributed by atoms with van der Waals surface area (Å²) in [6.07, 6.45) is 5.42. The molecule has 3 heterocycles. The van der Waals surface area contributed by atoms with Crippen LogP contribution in [0.3, 0.4) is 0 Å². The van der Waals surface area contributed by atoms with Gasteiger partial charge in [0.15, 0.2) is 5.78 Å². The van der Waals surface area contributed by atoms with Crippen LogP contribution in [0.1, 0.15) is 38.5 Å². The molecule has 0 aromatic rings. The van der Waals surface area contributed by atoms with Crippen molar-refractivity contribution in [2.45, 2.75) is 56.1 Å². The third-order valence-corrected chi connectivity index (χ3v) is 5.76. The molecule has 2 bridgehead atoms. The Morgan fingerprint density at radius 1 is 1.18 bits per heavy atom. The highest BCUT2D eigenvalue weighted by atomic mass is 32.2. The van der Waals surface area contributed by atoms with Gasteiger partial charge in [0.2, 0.25) is 10.0 Å². The van der Waals surface area contributed by atoms with Crippen LogP contribution in [0, 0.1) is 0 Å². The Morgan fingerprint density at radius 2 is 2.00 bits per heavy atom. The molecule has 0 aromatic heterocycles. The van der Waals surface area contributed by atoms with Gasteiger partial charge >= 0.3 is 0 Å². The highest BCUT2D eigenvalue weighted by Gasteiger charge is 2.50. The summed E-state index contributed by atoms with van der Waals surface area (Å²) in [4.78, 5) is 12.5. The molecule has 0 amide bonds. The zero-order valence-electron chi connectivity index (χ0n) is 9.74. The van der Waals surface area contributed by atoms with Crippen molar-refractivity contribution in [1.82, 2.24) is 10.0 Å². The van der Waals surface area contributed by atoms with Gasteiger partial charge in [-0.3, -0.25) is 4.79 Å². The molecule has 0 aliphatic carbocycles. The number of piperidine rings is 1. The maximum Gasteiger partial charge on any atom is 0.212 e. The molecule has 5 nitrogen and oxygen atoms in total. The molecular weight excluding hydrogens is 240 g/mol. The number of hydrogen-bond acceptors (Lipinski definition) is 4. The van der Waals surface area contributed by atoms with E-state index in [0.29, 0.717) is 12.5 Å². The lowest BCUT2D eigenvalue weighted by Crippen LogP contribution is -2.57. The lowest BCUT2D eigenvalue weighted by Gasteiger charge is -2.34. The van der Waals surface area contributed by atoms with E-state index < -0.39 is 21.6 Å². The second-order valence-corrected chi connectivity index (χ2v) is 7.37. The molecule has 3 unspecified atom stereocenters. The van der Waals surface area contributed by atoms with E-state index >= 15 is 0 Å². The zero-order chi connectivity index (χ0) is 12.1. The second kappa shape index (κ2) is 3.76. The first-order chi connectivity index (χ1) is 8.01. The fourth-order valence-electron chi connectivity index (χ4n) is 3.46. The van der Waals surface area contributed by atoms with Crippen molar-refractivity contribution in [1.29, 1.82) is 0 Å². The minimum atomic E-state index is -3.20. The van der Waals surface area contributed by atoms with Crippen LogP contribution in [0.25, 0.3) is 0 Å². The Bertz CT molecular complexity index is 444. The third-order valence-electron chi connectivity index (χ3n) is 4.34. The van der Waals surface area contributed by atoms with Crippen LogP contribution in [0.15, 0.2) is 0 Å². The van der Waals surface area contributed by atoms with Gasteiger partial charge in [0.05, 0.1) is 17.3 Å². The van der Waals surface area contributed by atoms with E-state index in [2.05, 4.69) is 10.0 Å². The van der Waals surface area contributed by atoms with E-state index in [1.54, 1.807) is 0 Å². The van der Waals surface area contributed by atoms with Gasteiger partial charge in [-0.25, -0.2) is 13.1 Å². The van der Waals surface area contributed by atoms with Crippen LogP contribution < -0.4 is 10.0 Å². The monoisotopic (exact) mass is 258 g/mol. The van der Waals surface area contributed by atoms with Gasteiger partial charge in [-0.15, -0.1) is 0 Å². The fourth-order valence-corrected chi connectivity index (χ4v) is 4.79. The Morgan fingerprint density at radius 3 is 2.71 bits per heavy atom. The molecule has 17 heavy (non-hydrogen) atoms. The summed E-state index contributed by atoms with van der Waals surface area (Å²) in [5, 5.41) is 3.42. The van der Waals surface area contributed by atoms with E-state index in [1.807, 2.05) is 0 Å². The largest absolute Gasteiger partial charge is 0.302 e. The Hall–Kier alpha value is -0.460. The molecule has 0 spiro atoms. The molecule has 2 N–H and O–H groups in total. The van der Waals surface area contributed by atoms with E-state index in [-0.39, 0.29) is 11.5 Å². The lowest BCUT2D eigenvalue weighted by molar-refractivity contribution is -0.127. The molecule has 0 radical (unpaired) electrons. The topological polar surface area (TPSA) is 75.3 Å². The van der Waals surface area contributed by atoms with Gasteiger partial charge in [-0.2, -0.15) is 0 Å². The molecule has 3 saturated heterocycles. The summed E-state index contributed by atoms with van der Waals surface area (Å²) < 4.78 is 25.2. The van der Waals surface area contributed by atoms with Crippen molar-refractivity contribution in [3.63, 3.8) is 0 Å². The summed E-state index contributed by atoms with van der Waals surface area (Å²) in [5.41, 5.74) is -0.430. The number of carbonyl (C=O) groups is 1. The summed E-state index contributed by atoms with van der Waals surface area (Å²) in [6.45, 7) is 0. The predicted molar refractivity (Wildman–Crippen MR) is 63.1 cm³/mol. The summed E-state index contributed by atoms with van der Waals surface area (Å²) in [7, 11) is -3.20. The molecule has 0 saturated carbocycles. The van der Waals surface area contributed by atoms with Crippen LogP contribution in [0.2, 0.25) is 0 Å². The predicted octanol–water partition coefficient (Wildman–Crippen LogP) is -0.0781. The van der Waals surface area contributed by atoms with Gasteiger partial charge < -0.3 is 5.32 Å². The first-order valence-electron chi connectivity index (χ1n) is 6.33. The number of ketones is 1. The van der Waals surface area contributed by atoms with Crippen molar-refractivity contribution >= 4 is 15.8 Å². The maximum atomic E-state index is 12.5. The normalized spacial score (nSPS) is 43.8. The van der Waals surface area contributed by atoms with Crippen molar-refractivity contribution in [3.8, 4) is 0 Å². The minimum absolute atomic E-state index is 0.0702. The molecule has 3 rings (SSSR count). The summed E-state index contributed by atoms with van der Waals surface area (Å²) in [5.74, 6) is 0.156. The van der Waals surface area contributed by atoms with Gasteiger partial charge in [-0.05, 0) is 38.5 Å². The quantitative estimate of drug-likeness (QED) is 0.726. The van der Waals surface area contributed by atoms with Crippen LogP contribution >= 0.6 is 0 Å². The number of Topliss-reactive ketones (excluding diaryl/α,β-unsaturated/α-hetero) is 1. The molecule has 3 aliphatic rings. The molecule has 0 aromatic carbocycles. The standard InChI is InChI=1S/C11H18N2O3S/c14-10(9-4-7-17(15,16)13-9)11-5-1-2-8(12-11)3-6-11/h8-9,12-13H,1-7H2. The highest BCUT2D eigenvalue weighted by molar-refractivity contribution is 7.89. The Balaban J connectivity index is 1.78. The second-order valence-electron chi connectivity index (χ2n) is 5.50. The zero-order valence-corrected chi connectivity index (χ0v) is 10.6. The number of hydrogen-bond donors (Lipinski definition) is 2. The average molecular weight is 258 g/mol. The molecule has 3 atom stereocenters. The maximum absolute atomic E-state index is 12.5. The van der Waals surface area contributed by atoms with Crippen molar-refractivity contribution in [2.75, 3.05) is 5.75 Å². The lowest BCUT2D eigenvalue weighted by atomic mass is 9.82. The summed E-state index contributed by atoms with van der Waals surface area (Å²) >= 11 is 0. The third kappa shape index (κ3) is 1.92. The smallest absolute Gasteiger partial charge is 0.212 e. The van der Waals surface area contributed by atoms with Crippen LogP contribution in [-0.4, -0.2) is 37.6 Å². The van der Waals surface area contributed by atoms with Gasteiger partial charge in [0.25, 0.3) is 0 Å². The van der Waals surface area contributed by atoms with E-state index in [9.17, 15) is 13.2 Å². The van der Waals surface area contributed by atoms with Crippen molar-refractivity contribution in [3.05, 3.63) is 0 Å². The number of fused-ring (bicyclic) bond motifs is 2. The fraction of sp³-hybridized carbons (Fsp3) is 0.909. The molecule has 6 heteroatoms. The average Bonchev–Trinajstić information content (AvgIpc) is 2.79. The first kappa shape index (κ1) is 11.6. The molecule has 96 valence electrons. The van der Waals surface area contributed by atoms with E-state index in [0.717, 1.165) is 32.1 Å². The van der Waals surface area contributed by atoms with Crippen LogP contribution in [0.5, 0.6) is 0 Å². The van der Waals surface area contributed by atoms with Crippen LogP contribution in [0.4, 0.5) is 0 Å². The van der Waals surface area contributed by atoms with E-state index in [1.165, 1.54) is 0 Å². The molecule has 3 fully saturated rings. The SMILES string of the molecule is O=C(C1CCS(=O)(=O)N1)C12CCCC(CC1)N2. The van der Waals surface area contributed by atoms with Crippen molar-refractivity contribution in [2.24, 2.45) is 0 Å².